The van der Waals surface area contributed by atoms with E-state index in [2.05, 4.69) is 34.3 Å². The average molecular weight is 547 g/mol. The monoisotopic (exact) mass is 546 g/mol. The molecule has 5 rings (SSSR count). The molecule has 2 aromatic carbocycles. The molecular weight excluding hydrogens is 516 g/mol. The van der Waals surface area contributed by atoms with Crippen molar-refractivity contribution in [3.63, 3.8) is 0 Å². The summed E-state index contributed by atoms with van der Waals surface area (Å²) in [5.41, 5.74) is 1.35. The third kappa shape index (κ3) is 5.89. The molecular formula is C29H31ClN6O3. The van der Waals surface area contributed by atoms with Crippen LogP contribution in [0.25, 0.3) is 16.7 Å². The lowest BCUT2D eigenvalue weighted by Crippen LogP contribution is -2.38. The summed E-state index contributed by atoms with van der Waals surface area (Å²) in [6, 6.07) is 18.9. The first-order chi connectivity index (χ1) is 18.9. The maximum Gasteiger partial charge on any atom is 0.263 e. The zero-order valence-corrected chi connectivity index (χ0v) is 22.8. The number of hydrogen-bond acceptors (Lipinski definition) is 6. The number of aromatic nitrogens is 4. The summed E-state index contributed by atoms with van der Waals surface area (Å²) in [6.45, 7) is 6.42. The minimum absolute atomic E-state index is 0.0675. The van der Waals surface area contributed by atoms with Gasteiger partial charge in [0.25, 0.3) is 5.56 Å². The molecule has 0 fully saturated rings. The largest absolute Gasteiger partial charge is 0.468 e. The van der Waals surface area contributed by atoms with Crippen molar-refractivity contribution in [2.45, 2.75) is 45.8 Å². The molecule has 0 aliphatic heterocycles. The summed E-state index contributed by atoms with van der Waals surface area (Å²) in [5, 5.41) is 12.9. The maximum absolute atomic E-state index is 13.4. The molecule has 0 bridgehead atoms. The van der Waals surface area contributed by atoms with E-state index in [0.717, 1.165) is 11.3 Å². The Kier molecular flexibility index (Phi) is 8.09. The molecule has 39 heavy (non-hydrogen) atoms. The van der Waals surface area contributed by atoms with Crippen LogP contribution in [0.1, 0.15) is 37.4 Å². The van der Waals surface area contributed by atoms with Crippen LogP contribution >= 0.6 is 11.6 Å². The van der Waals surface area contributed by atoms with E-state index in [-0.39, 0.29) is 24.4 Å². The van der Waals surface area contributed by atoms with E-state index in [1.165, 1.54) is 0 Å². The minimum Gasteiger partial charge on any atom is -0.468 e. The Hall–Kier alpha value is -3.95. The maximum atomic E-state index is 13.4. The summed E-state index contributed by atoms with van der Waals surface area (Å²) in [5.74, 6) is 1.86. The normalized spacial score (nSPS) is 11.7. The molecule has 3 aromatic heterocycles. The third-order valence-corrected chi connectivity index (χ3v) is 7.20. The molecule has 0 aliphatic rings. The Morgan fingerprint density at radius 3 is 2.64 bits per heavy atom. The molecule has 5 aromatic rings. The van der Waals surface area contributed by atoms with Crippen LogP contribution in [0, 0.1) is 0 Å². The van der Waals surface area contributed by atoms with Gasteiger partial charge in [0, 0.05) is 37.0 Å². The Bertz CT molecular complexity index is 1640. The van der Waals surface area contributed by atoms with Gasteiger partial charge in [0.05, 0.1) is 30.3 Å². The first-order valence-electron chi connectivity index (χ1n) is 13.0. The van der Waals surface area contributed by atoms with Gasteiger partial charge in [-0.3, -0.25) is 23.5 Å². The van der Waals surface area contributed by atoms with Crippen molar-refractivity contribution in [1.82, 2.24) is 29.4 Å². The van der Waals surface area contributed by atoms with E-state index >= 15 is 0 Å². The van der Waals surface area contributed by atoms with Crippen molar-refractivity contribution in [1.29, 1.82) is 0 Å². The fraction of sp³-hybridized carbons (Fsp3) is 0.310. The number of carbonyl (C=O) groups excluding carboxylic acids is 1. The van der Waals surface area contributed by atoms with Crippen LogP contribution in [0.4, 0.5) is 0 Å². The Morgan fingerprint density at radius 1 is 1.08 bits per heavy atom. The number of amides is 1. The molecule has 0 spiro atoms. The predicted molar refractivity (Wildman–Crippen MR) is 151 cm³/mol. The van der Waals surface area contributed by atoms with Crippen molar-refractivity contribution in [3.05, 3.63) is 99.5 Å². The van der Waals surface area contributed by atoms with Gasteiger partial charge in [-0.15, -0.1) is 10.2 Å². The lowest BCUT2D eigenvalue weighted by atomic mass is 10.2. The highest BCUT2D eigenvalue weighted by molar-refractivity contribution is 6.31. The standard InChI is InChI=1S/C29H31ClN6O3/c1-20(2)34(19-22-9-7-17-39-22)16-15-31-27(37)14-13-26-32-33-29-35(18-21-8-3-5-11-24(21)30)28(38)23-10-4-6-12-25(23)36(26)29/h3-12,17,20H,13-16,18-19H2,1-2H3,(H,31,37). The van der Waals surface area contributed by atoms with Gasteiger partial charge in [-0.2, -0.15) is 0 Å². The topological polar surface area (TPSA) is 97.7 Å². The van der Waals surface area contributed by atoms with Gasteiger partial charge >= 0.3 is 0 Å². The van der Waals surface area contributed by atoms with E-state index in [9.17, 15) is 9.59 Å². The van der Waals surface area contributed by atoms with Crippen LogP contribution in [-0.2, 0) is 24.3 Å². The van der Waals surface area contributed by atoms with Crippen LogP contribution in [0.5, 0.6) is 0 Å². The SMILES string of the molecule is CC(C)N(CCNC(=O)CCc1nnc2n(Cc3ccccc3Cl)c(=O)c3ccccc3n12)Cc1ccco1. The van der Waals surface area contributed by atoms with Gasteiger partial charge in [-0.1, -0.05) is 41.9 Å². The fourth-order valence-electron chi connectivity index (χ4n) is 4.69. The van der Waals surface area contributed by atoms with Gasteiger partial charge in [0.1, 0.15) is 11.6 Å². The molecule has 0 atom stereocenters. The second-order valence-corrected chi connectivity index (χ2v) is 10.2. The van der Waals surface area contributed by atoms with Gasteiger partial charge < -0.3 is 9.73 Å². The average Bonchev–Trinajstić information content (AvgIpc) is 3.60. The molecule has 1 amide bonds. The zero-order valence-electron chi connectivity index (χ0n) is 22.0. The lowest BCUT2D eigenvalue weighted by Gasteiger charge is -2.25. The number of halogens is 1. The number of aryl methyl sites for hydroxylation is 1. The number of furan rings is 1. The van der Waals surface area contributed by atoms with Crippen molar-refractivity contribution < 1.29 is 9.21 Å². The number of para-hydroxylation sites is 1. The first kappa shape index (κ1) is 26.6. The smallest absolute Gasteiger partial charge is 0.263 e. The van der Waals surface area contributed by atoms with Crippen LogP contribution in [0.2, 0.25) is 5.02 Å². The van der Waals surface area contributed by atoms with Crippen LogP contribution < -0.4 is 10.9 Å². The number of nitrogens with zero attached hydrogens (tertiary/aromatic N) is 5. The first-order valence-corrected chi connectivity index (χ1v) is 13.4. The van der Waals surface area contributed by atoms with Gasteiger partial charge in [-0.05, 0) is 49.7 Å². The van der Waals surface area contributed by atoms with E-state index in [1.54, 1.807) is 23.0 Å². The van der Waals surface area contributed by atoms with E-state index in [0.29, 0.717) is 59.6 Å². The molecule has 0 saturated carbocycles. The summed E-state index contributed by atoms with van der Waals surface area (Å²) < 4.78 is 8.92. The Labute approximate surface area is 231 Å². The Morgan fingerprint density at radius 2 is 1.87 bits per heavy atom. The highest BCUT2D eigenvalue weighted by Crippen LogP contribution is 2.20. The number of fused-ring (bicyclic) bond motifs is 3. The van der Waals surface area contributed by atoms with Crippen molar-refractivity contribution >= 4 is 34.2 Å². The second kappa shape index (κ2) is 11.8. The molecule has 0 saturated heterocycles. The molecule has 0 unspecified atom stereocenters. The van der Waals surface area contributed by atoms with Crippen molar-refractivity contribution in [2.24, 2.45) is 0 Å². The summed E-state index contributed by atoms with van der Waals surface area (Å²) >= 11 is 6.39. The van der Waals surface area contributed by atoms with Crippen molar-refractivity contribution in [2.75, 3.05) is 13.1 Å². The molecule has 1 N–H and O–H groups in total. The number of benzene rings is 2. The third-order valence-electron chi connectivity index (χ3n) is 6.83. The number of hydrogen-bond donors (Lipinski definition) is 1. The molecule has 3 heterocycles. The molecule has 10 heteroatoms. The van der Waals surface area contributed by atoms with Crippen LogP contribution in [0.15, 0.2) is 76.1 Å². The quantitative estimate of drug-likeness (QED) is 0.265. The summed E-state index contributed by atoms with van der Waals surface area (Å²) in [6.07, 6.45) is 2.30. The van der Waals surface area contributed by atoms with Gasteiger partial charge in [-0.25, -0.2) is 0 Å². The molecule has 0 aliphatic carbocycles. The van der Waals surface area contributed by atoms with Gasteiger partial charge in [0.2, 0.25) is 11.7 Å². The molecule has 9 nitrogen and oxygen atoms in total. The van der Waals surface area contributed by atoms with Crippen LogP contribution in [0.3, 0.4) is 0 Å². The Balaban J connectivity index is 1.31. The molecule has 202 valence electrons. The highest BCUT2D eigenvalue weighted by Gasteiger charge is 2.18. The number of nitrogens with one attached hydrogen (secondary N) is 1. The highest BCUT2D eigenvalue weighted by atomic mass is 35.5. The van der Waals surface area contributed by atoms with Gasteiger partial charge in [0.15, 0.2) is 0 Å². The van der Waals surface area contributed by atoms with E-state index < -0.39 is 0 Å². The zero-order chi connectivity index (χ0) is 27.4. The van der Waals surface area contributed by atoms with Crippen LogP contribution in [-0.4, -0.2) is 49.1 Å². The molecule has 0 radical (unpaired) electrons. The second-order valence-electron chi connectivity index (χ2n) is 9.75. The van der Waals surface area contributed by atoms with Crippen molar-refractivity contribution in [3.8, 4) is 0 Å². The number of carbonyl (C=O) groups is 1. The summed E-state index contributed by atoms with van der Waals surface area (Å²) in [4.78, 5) is 28.4. The fourth-order valence-corrected chi connectivity index (χ4v) is 4.89. The predicted octanol–water partition coefficient (Wildman–Crippen LogP) is 4.30. The van der Waals surface area contributed by atoms with E-state index in [4.69, 9.17) is 16.0 Å². The lowest BCUT2D eigenvalue weighted by molar-refractivity contribution is -0.121. The minimum atomic E-state index is -0.168. The summed E-state index contributed by atoms with van der Waals surface area (Å²) in [7, 11) is 0. The number of rotatable bonds is 11. The van der Waals surface area contributed by atoms with E-state index in [1.807, 2.05) is 52.9 Å².